The first kappa shape index (κ1) is 24.7. The second-order valence-corrected chi connectivity index (χ2v) is 9.41. The summed E-state index contributed by atoms with van der Waals surface area (Å²) in [6.07, 6.45) is 1.32. The third-order valence-electron chi connectivity index (χ3n) is 3.93. The van der Waals surface area contributed by atoms with Crippen molar-refractivity contribution in [1.29, 1.82) is 0 Å². The van der Waals surface area contributed by atoms with Crippen LogP contribution in [-0.4, -0.2) is 25.7 Å². The molecule has 2 rings (SSSR count). The van der Waals surface area contributed by atoms with Crippen LogP contribution in [-0.2, 0) is 18.4 Å². The number of hydrogen-bond donors (Lipinski definition) is 1. The topological polar surface area (TPSA) is 73.9 Å². The van der Waals surface area contributed by atoms with E-state index in [0.717, 1.165) is 0 Å². The Hall–Kier alpha value is -1.56. The lowest BCUT2D eigenvalue weighted by molar-refractivity contribution is -0.123. The smallest absolute Gasteiger partial charge is 0.357 e. The zero-order valence-electron chi connectivity index (χ0n) is 17.0. The fourth-order valence-corrected chi connectivity index (χ4v) is 5.08. The average molecular weight is 474 g/mol. The van der Waals surface area contributed by atoms with Crippen molar-refractivity contribution < 1.29 is 23.1 Å². The molecule has 0 saturated heterocycles. The monoisotopic (exact) mass is 473 g/mol. The minimum Gasteiger partial charge on any atom is -0.482 e. The first-order valence-corrected chi connectivity index (χ1v) is 12.1. The van der Waals surface area contributed by atoms with Crippen LogP contribution in [0.3, 0.4) is 0 Å². The summed E-state index contributed by atoms with van der Waals surface area (Å²) >= 11 is 11.9. The van der Waals surface area contributed by atoms with Crippen LogP contribution in [0.4, 0.5) is 0 Å². The van der Waals surface area contributed by atoms with E-state index in [1.54, 1.807) is 36.4 Å². The van der Waals surface area contributed by atoms with Gasteiger partial charge in [-0.05, 0) is 36.6 Å². The predicted molar refractivity (Wildman–Crippen MR) is 119 cm³/mol. The van der Waals surface area contributed by atoms with Gasteiger partial charge in [-0.3, -0.25) is 9.36 Å². The summed E-state index contributed by atoms with van der Waals surface area (Å²) in [6.45, 7) is 3.98. The van der Waals surface area contributed by atoms with E-state index in [4.69, 9.17) is 37.0 Å². The van der Waals surface area contributed by atoms with Crippen LogP contribution in [0.25, 0.3) is 0 Å². The molecule has 1 amide bonds. The Balaban J connectivity index is 2.19. The third-order valence-corrected chi connectivity index (χ3v) is 6.61. The Labute approximate surface area is 187 Å². The van der Waals surface area contributed by atoms with E-state index in [-0.39, 0.29) is 24.8 Å². The zero-order valence-corrected chi connectivity index (χ0v) is 19.4. The van der Waals surface area contributed by atoms with Crippen LogP contribution >= 0.6 is 30.8 Å². The van der Waals surface area contributed by atoms with Crippen molar-refractivity contribution in [3.63, 3.8) is 0 Å². The van der Waals surface area contributed by atoms with Crippen molar-refractivity contribution in [3.05, 3.63) is 64.1 Å². The largest absolute Gasteiger partial charge is 0.482 e. The quantitative estimate of drug-likeness (QED) is 0.369. The average Bonchev–Trinajstić information content (AvgIpc) is 2.74. The van der Waals surface area contributed by atoms with Gasteiger partial charge in [0.25, 0.3) is 5.91 Å². The molecule has 0 aliphatic carbocycles. The molecule has 2 aromatic rings. The van der Waals surface area contributed by atoms with Gasteiger partial charge in [-0.25, -0.2) is 0 Å². The standard InChI is InChI=1S/C21H26Cl2NO5P/c1-3-12-28-30(26,29-13-4-2)21(16-8-6-5-7-9-16)24-20(25)15-27-19-11-10-17(22)14-18(19)23/h5-11,14,21H,3-4,12-13,15H2,1-2H3,(H,24,25). The number of amides is 1. The van der Waals surface area contributed by atoms with Gasteiger partial charge in [-0.2, -0.15) is 0 Å². The molecule has 2 aromatic carbocycles. The Kier molecular flexibility index (Phi) is 10.2. The number of benzene rings is 2. The highest BCUT2D eigenvalue weighted by molar-refractivity contribution is 7.54. The highest BCUT2D eigenvalue weighted by atomic mass is 35.5. The number of nitrogens with one attached hydrogen (secondary N) is 1. The summed E-state index contributed by atoms with van der Waals surface area (Å²) < 4.78 is 30.4. The molecule has 1 unspecified atom stereocenters. The summed E-state index contributed by atoms with van der Waals surface area (Å²) in [7, 11) is -3.68. The molecule has 0 fully saturated rings. The number of hydrogen-bond acceptors (Lipinski definition) is 5. The SMILES string of the molecule is CCCOP(=O)(OCCC)C(NC(=O)COc1ccc(Cl)cc1Cl)c1ccccc1. The predicted octanol–water partition coefficient (Wildman–Crippen LogP) is 6.23. The molecule has 6 nitrogen and oxygen atoms in total. The van der Waals surface area contributed by atoms with Crippen LogP contribution in [0.15, 0.2) is 48.5 Å². The first-order chi connectivity index (χ1) is 14.4. The number of halogens is 2. The molecular weight excluding hydrogens is 448 g/mol. The van der Waals surface area contributed by atoms with Crippen molar-refractivity contribution >= 4 is 36.7 Å². The van der Waals surface area contributed by atoms with E-state index in [9.17, 15) is 9.36 Å². The van der Waals surface area contributed by atoms with Gasteiger partial charge < -0.3 is 19.1 Å². The van der Waals surface area contributed by atoms with Crippen LogP contribution < -0.4 is 10.1 Å². The van der Waals surface area contributed by atoms with Gasteiger partial charge in [0.2, 0.25) is 0 Å². The lowest BCUT2D eigenvalue weighted by Gasteiger charge is -2.28. The molecule has 1 atom stereocenters. The fourth-order valence-electron chi connectivity index (χ4n) is 2.53. The van der Waals surface area contributed by atoms with Crippen molar-refractivity contribution in [1.82, 2.24) is 5.32 Å². The van der Waals surface area contributed by atoms with Gasteiger partial charge >= 0.3 is 7.60 Å². The van der Waals surface area contributed by atoms with Crippen LogP contribution in [0.2, 0.25) is 10.0 Å². The van der Waals surface area contributed by atoms with E-state index in [1.807, 2.05) is 19.9 Å². The normalized spacial score (nSPS) is 12.4. The molecule has 0 aliphatic heterocycles. The molecular formula is C21H26Cl2NO5P. The lowest BCUT2D eigenvalue weighted by Crippen LogP contribution is -2.33. The van der Waals surface area contributed by atoms with E-state index in [2.05, 4.69) is 5.32 Å². The first-order valence-electron chi connectivity index (χ1n) is 9.70. The summed E-state index contributed by atoms with van der Waals surface area (Å²) in [5, 5.41) is 3.50. The molecule has 0 radical (unpaired) electrons. The van der Waals surface area contributed by atoms with Gasteiger partial charge in [-0.1, -0.05) is 67.4 Å². The highest BCUT2D eigenvalue weighted by Gasteiger charge is 2.38. The summed E-state index contributed by atoms with van der Waals surface area (Å²) in [5.41, 5.74) is 0.617. The van der Waals surface area contributed by atoms with Gasteiger partial charge in [0.1, 0.15) is 5.75 Å². The van der Waals surface area contributed by atoms with Crippen molar-refractivity contribution in [2.45, 2.75) is 32.5 Å². The molecule has 0 heterocycles. The van der Waals surface area contributed by atoms with Gasteiger partial charge in [0.15, 0.2) is 12.4 Å². The molecule has 9 heteroatoms. The minimum absolute atomic E-state index is 0.247. The van der Waals surface area contributed by atoms with Crippen LogP contribution in [0.1, 0.15) is 38.0 Å². The Morgan fingerprint density at radius 2 is 1.67 bits per heavy atom. The molecule has 0 aliphatic rings. The molecule has 164 valence electrons. The van der Waals surface area contributed by atoms with Gasteiger partial charge in [0.05, 0.1) is 18.2 Å². The highest BCUT2D eigenvalue weighted by Crippen LogP contribution is 2.59. The third kappa shape index (κ3) is 7.29. The summed E-state index contributed by atoms with van der Waals surface area (Å²) in [4.78, 5) is 12.6. The number of carbonyl (C=O) groups excluding carboxylic acids is 1. The molecule has 0 spiro atoms. The van der Waals surface area contributed by atoms with Crippen molar-refractivity contribution in [3.8, 4) is 5.75 Å². The van der Waals surface area contributed by atoms with Crippen molar-refractivity contribution in [2.24, 2.45) is 0 Å². The number of ether oxygens (including phenoxy) is 1. The maximum Gasteiger partial charge on any atom is 0.357 e. The van der Waals surface area contributed by atoms with Crippen molar-refractivity contribution in [2.75, 3.05) is 19.8 Å². The van der Waals surface area contributed by atoms with E-state index in [1.165, 1.54) is 6.07 Å². The Bertz CT molecular complexity index is 854. The minimum atomic E-state index is -3.68. The van der Waals surface area contributed by atoms with Crippen LogP contribution in [0.5, 0.6) is 5.75 Å². The Morgan fingerprint density at radius 1 is 1.03 bits per heavy atom. The molecule has 30 heavy (non-hydrogen) atoms. The fraction of sp³-hybridized carbons (Fsp3) is 0.381. The van der Waals surface area contributed by atoms with Gasteiger partial charge in [0, 0.05) is 5.02 Å². The second kappa shape index (κ2) is 12.3. The number of carbonyl (C=O) groups is 1. The number of rotatable bonds is 12. The lowest BCUT2D eigenvalue weighted by atomic mass is 10.2. The van der Waals surface area contributed by atoms with E-state index >= 15 is 0 Å². The zero-order chi connectivity index (χ0) is 22.0. The second-order valence-electron chi connectivity index (χ2n) is 6.45. The molecule has 1 N–H and O–H groups in total. The summed E-state index contributed by atoms with van der Waals surface area (Å²) in [6, 6.07) is 13.7. The van der Waals surface area contributed by atoms with Gasteiger partial charge in [-0.15, -0.1) is 0 Å². The molecule has 0 bridgehead atoms. The molecule has 0 saturated carbocycles. The Morgan fingerprint density at radius 3 is 2.23 bits per heavy atom. The van der Waals surface area contributed by atoms with E-state index in [0.29, 0.717) is 29.2 Å². The summed E-state index contributed by atoms with van der Waals surface area (Å²) in [5.74, 6) is -1.14. The maximum absolute atomic E-state index is 13.6. The van der Waals surface area contributed by atoms with Crippen LogP contribution in [0, 0.1) is 0 Å². The van der Waals surface area contributed by atoms with E-state index < -0.39 is 19.3 Å². The maximum atomic E-state index is 13.6. The molecule has 0 aromatic heterocycles.